The number of benzene rings is 2. The van der Waals surface area contributed by atoms with E-state index in [0.717, 1.165) is 6.42 Å². The Morgan fingerprint density at radius 3 is 2.73 bits per heavy atom. The number of pyridine rings is 1. The van der Waals surface area contributed by atoms with Gasteiger partial charge in [0.2, 0.25) is 5.88 Å². The molecule has 2 N–H and O–H groups in total. The van der Waals surface area contributed by atoms with Gasteiger partial charge in [-0.3, -0.25) is 0 Å². The third-order valence-corrected chi connectivity index (χ3v) is 4.06. The van der Waals surface area contributed by atoms with Crippen LogP contribution in [0.5, 0.6) is 17.4 Å². The van der Waals surface area contributed by atoms with E-state index in [2.05, 4.69) is 15.6 Å². The molecule has 3 aromatic rings. The number of nitrogens with one attached hydrogen (secondary N) is 2. The molecular formula is C23H22N4O3. The second-order valence-electron chi connectivity index (χ2n) is 6.37. The summed E-state index contributed by atoms with van der Waals surface area (Å²) in [6.07, 6.45) is 2.52. The molecule has 0 saturated heterocycles. The summed E-state index contributed by atoms with van der Waals surface area (Å²) in [5, 5.41) is 14.4. The van der Waals surface area contributed by atoms with Gasteiger partial charge in [-0.25, -0.2) is 9.78 Å². The fourth-order valence-electron chi connectivity index (χ4n) is 2.64. The van der Waals surface area contributed by atoms with Crippen LogP contribution in [0.15, 0.2) is 66.9 Å². The third-order valence-electron chi connectivity index (χ3n) is 4.06. The van der Waals surface area contributed by atoms with Crippen molar-refractivity contribution in [3.8, 4) is 23.4 Å². The number of hydrogen-bond donors (Lipinski definition) is 2. The summed E-state index contributed by atoms with van der Waals surface area (Å²) >= 11 is 0. The van der Waals surface area contributed by atoms with Crippen molar-refractivity contribution in [1.29, 1.82) is 5.26 Å². The zero-order valence-electron chi connectivity index (χ0n) is 16.6. The molecule has 0 spiro atoms. The first-order chi connectivity index (χ1) is 14.7. The minimum absolute atomic E-state index is 0.213. The summed E-state index contributed by atoms with van der Waals surface area (Å²) < 4.78 is 11.7. The van der Waals surface area contributed by atoms with E-state index >= 15 is 0 Å². The zero-order chi connectivity index (χ0) is 21.2. The molecule has 0 saturated carbocycles. The Kier molecular flexibility index (Phi) is 7.23. The van der Waals surface area contributed by atoms with Crippen LogP contribution in [0.4, 0.5) is 10.5 Å². The molecule has 0 aliphatic heterocycles. The van der Waals surface area contributed by atoms with Gasteiger partial charge in [-0.2, -0.15) is 5.26 Å². The molecule has 0 fully saturated rings. The normalized spacial score (nSPS) is 10.0. The predicted octanol–water partition coefficient (Wildman–Crippen LogP) is 4.86. The molecule has 2 amide bonds. The van der Waals surface area contributed by atoms with Crippen molar-refractivity contribution in [2.75, 3.05) is 11.9 Å². The van der Waals surface area contributed by atoms with Crippen LogP contribution in [0.25, 0.3) is 0 Å². The van der Waals surface area contributed by atoms with E-state index in [1.165, 1.54) is 0 Å². The molecule has 7 heteroatoms. The van der Waals surface area contributed by atoms with E-state index in [4.69, 9.17) is 14.7 Å². The quantitative estimate of drug-likeness (QED) is 0.561. The highest BCUT2D eigenvalue weighted by Gasteiger charge is 2.11. The van der Waals surface area contributed by atoms with Gasteiger partial charge < -0.3 is 20.1 Å². The number of nitriles is 1. The van der Waals surface area contributed by atoms with Crippen LogP contribution >= 0.6 is 0 Å². The van der Waals surface area contributed by atoms with Crippen molar-refractivity contribution in [3.05, 3.63) is 78.0 Å². The zero-order valence-corrected chi connectivity index (χ0v) is 16.6. The summed E-state index contributed by atoms with van der Waals surface area (Å²) in [7, 11) is 0. The fourth-order valence-corrected chi connectivity index (χ4v) is 2.64. The Balaban J connectivity index is 1.66. The molecule has 0 atom stereocenters. The molecule has 0 aliphatic carbocycles. The van der Waals surface area contributed by atoms with E-state index in [1.807, 2.05) is 43.3 Å². The highest BCUT2D eigenvalue weighted by molar-refractivity contribution is 5.89. The second-order valence-corrected chi connectivity index (χ2v) is 6.37. The van der Waals surface area contributed by atoms with Crippen molar-refractivity contribution >= 4 is 11.7 Å². The lowest BCUT2D eigenvalue weighted by atomic mass is 10.2. The highest BCUT2D eigenvalue weighted by atomic mass is 16.5. The molecule has 30 heavy (non-hydrogen) atoms. The lowest BCUT2D eigenvalue weighted by molar-refractivity contribution is 0.251. The summed E-state index contributed by atoms with van der Waals surface area (Å²) in [6.45, 7) is 2.84. The maximum atomic E-state index is 12.2. The number of amides is 2. The van der Waals surface area contributed by atoms with Crippen LogP contribution < -0.4 is 20.1 Å². The molecule has 1 heterocycles. The van der Waals surface area contributed by atoms with Crippen molar-refractivity contribution < 1.29 is 14.3 Å². The maximum absolute atomic E-state index is 12.2. The highest BCUT2D eigenvalue weighted by Crippen LogP contribution is 2.31. The first kappa shape index (κ1) is 20.7. The van der Waals surface area contributed by atoms with Crippen molar-refractivity contribution in [1.82, 2.24) is 10.3 Å². The number of rotatable bonds is 8. The number of aromatic nitrogens is 1. The standard InChI is InChI=1S/C23H22N4O3/c1-2-13-29-20-10-3-4-11-21(20)30-22-18(8-6-12-25-22)16-26-23(28)27-19-9-5-7-17(14-19)15-24/h3-12,14H,2,13,16H2,1H3,(H2,26,27,28). The third kappa shape index (κ3) is 5.72. The van der Waals surface area contributed by atoms with E-state index in [1.54, 1.807) is 36.5 Å². The van der Waals surface area contributed by atoms with Crippen molar-refractivity contribution in [2.24, 2.45) is 0 Å². The van der Waals surface area contributed by atoms with Crippen LogP contribution in [0.2, 0.25) is 0 Å². The smallest absolute Gasteiger partial charge is 0.319 e. The summed E-state index contributed by atoms with van der Waals surface area (Å²) in [4.78, 5) is 16.5. The number of carbonyl (C=O) groups is 1. The van der Waals surface area contributed by atoms with Gasteiger partial charge >= 0.3 is 6.03 Å². The van der Waals surface area contributed by atoms with Gasteiger partial charge in [0, 0.05) is 24.0 Å². The molecule has 0 bridgehead atoms. The van der Waals surface area contributed by atoms with E-state index in [9.17, 15) is 4.79 Å². The van der Waals surface area contributed by atoms with Gasteiger partial charge in [-0.15, -0.1) is 0 Å². The number of anilines is 1. The van der Waals surface area contributed by atoms with Crippen LogP contribution in [0, 0.1) is 11.3 Å². The van der Waals surface area contributed by atoms with Gasteiger partial charge in [0.05, 0.1) is 18.2 Å². The largest absolute Gasteiger partial charge is 0.490 e. The van der Waals surface area contributed by atoms with Gasteiger partial charge in [-0.05, 0) is 42.8 Å². The Morgan fingerprint density at radius 1 is 1.10 bits per heavy atom. The molecule has 3 rings (SSSR count). The Labute approximate surface area is 175 Å². The fraction of sp³-hybridized carbons (Fsp3) is 0.174. The van der Waals surface area contributed by atoms with E-state index < -0.39 is 6.03 Å². The minimum Gasteiger partial charge on any atom is -0.490 e. The van der Waals surface area contributed by atoms with Crippen LogP contribution in [-0.4, -0.2) is 17.6 Å². The molecule has 2 aromatic carbocycles. The molecule has 0 aliphatic rings. The first-order valence-corrected chi connectivity index (χ1v) is 9.58. The lowest BCUT2D eigenvalue weighted by Gasteiger charge is -2.14. The molecule has 0 unspecified atom stereocenters. The number of nitrogens with zero attached hydrogens (tertiary/aromatic N) is 2. The molecule has 0 radical (unpaired) electrons. The summed E-state index contributed by atoms with van der Waals surface area (Å²) in [5.74, 6) is 1.58. The number of carbonyl (C=O) groups excluding carboxylic acids is 1. The summed E-state index contributed by atoms with van der Waals surface area (Å²) in [5.41, 5.74) is 1.72. The van der Waals surface area contributed by atoms with Gasteiger partial charge in [-0.1, -0.05) is 31.2 Å². The van der Waals surface area contributed by atoms with Crippen LogP contribution in [0.1, 0.15) is 24.5 Å². The first-order valence-electron chi connectivity index (χ1n) is 9.58. The molecule has 7 nitrogen and oxygen atoms in total. The Morgan fingerprint density at radius 2 is 1.93 bits per heavy atom. The van der Waals surface area contributed by atoms with Crippen LogP contribution in [0.3, 0.4) is 0 Å². The average molecular weight is 402 g/mol. The van der Waals surface area contributed by atoms with Gasteiger partial charge in [0.1, 0.15) is 0 Å². The Hall–Kier alpha value is -4.05. The SMILES string of the molecule is CCCOc1ccccc1Oc1ncccc1CNC(=O)Nc1cccc(C#N)c1. The molecule has 152 valence electrons. The minimum atomic E-state index is -0.397. The number of ether oxygens (including phenoxy) is 2. The van der Waals surface area contributed by atoms with Gasteiger partial charge in [0.25, 0.3) is 0 Å². The van der Waals surface area contributed by atoms with E-state index in [0.29, 0.717) is 40.8 Å². The second kappa shape index (κ2) is 10.5. The Bertz CT molecular complexity index is 1050. The summed E-state index contributed by atoms with van der Waals surface area (Å²) in [6, 6.07) is 19.3. The number of urea groups is 1. The topological polar surface area (TPSA) is 96.3 Å². The maximum Gasteiger partial charge on any atom is 0.319 e. The van der Waals surface area contributed by atoms with Crippen molar-refractivity contribution in [3.63, 3.8) is 0 Å². The predicted molar refractivity (Wildman–Crippen MR) is 114 cm³/mol. The number of hydrogen-bond acceptors (Lipinski definition) is 5. The van der Waals surface area contributed by atoms with Crippen LogP contribution in [-0.2, 0) is 6.54 Å². The number of para-hydroxylation sites is 2. The average Bonchev–Trinajstić information content (AvgIpc) is 2.78. The molecule has 1 aromatic heterocycles. The monoisotopic (exact) mass is 402 g/mol. The van der Waals surface area contributed by atoms with E-state index in [-0.39, 0.29) is 6.54 Å². The van der Waals surface area contributed by atoms with Crippen molar-refractivity contribution in [2.45, 2.75) is 19.9 Å². The van der Waals surface area contributed by atoms with Gasteiger partial charge in [0.15, 0.2) is 11.5 Å². The molecular weight excluding hydrogens is 380 g/mol. The lowest BCUT2D eigenvalue weighted by Crippen LogP contribution is -2.28.